The number of carbonyl (C=O) groups is 1. The Balaban J connectivity index is 1.90. The fraction of sp³-hybridized carbons (Fsp3) is 0.438. The van der Waals surface area contributed by atoms with Crippen molar-refractivity contribution in [2.45, 2.75) is 12.6 Å². The van der Waals surface area contributed by atoms with Crippen LogP contribution in [-0.4, -0.2) is 55.5 Å². The Morgan fingerprint density at radius 2 is 2.15 bits per heavy atom. The summed E-state index contributed by atoms with van der Waals surface area (Å²) < 4.78 is 5.58. The second kappa shape index (κ2) is 7.22. The molecule has 1 aliphatic rings. The molecule has 0 bridgehead atoms. The van der Waals surface area contributed by atoms with Gasteiger partial charge in [-0.3, -0.25) is 9.69 Å². The number of ether oxygens (including phenoxy) is 1. The third-order valence-corrected chi connectivity index (χ3v) is 3.25. The Hall–Kier alpha value is -1.65. The molecule has 1 aromatic carbocycles. The van der Waals surface area contributed by atoms with Gasteiger partial charge < -0.3 is 9.64 Å². The number of benzene rings is 1. The monoisotopic (exact) mass is 274 g/mol. The highest BCUT2D eigenvalue weighted by Crippen LogP contribution is 2.11. The minimum atomic E-state index is -0.344. The maximum Gasteiger partial charge on any atom is 0.187 e. The van der Waals surface area contributed by atoms with Gasteiger partial charge in [-0.05, 0) is 11.6 Å². The van der Waals surface area contributed by atoms with Gasteiger partial charge in [0, 0.05) is 39.9 Å². The van der Waals surface area contributed by atoms with Crippen LogP contribution in [0.2, 0.25) is 0 Å². The van der Waals surface area contributed by atoms with Crippen LogP contribution in [-0.2, 0) is 16.1 Å². The van der Waals surface area contributed by atoms with Crippen LogP contribution in [0.5, 0.6) is 0 Å². The summed E-state index contributed by atoms with van der Waals surface area (Å²) in [6.07, 6.45) is 3.02. The molecular weight excluding hydrogens is 252 g/mol. The molecule has 0 radical (unpaired) electrons. The van der Waals surface area contributed by atoms with Gasteiger partial charge in [-0.15, -0.1) is 0 Å². The number of hydrogen-bond donors (Lipinski definition) is 0. The molecule has 0 unspecified atom stereocenters. The molecule has 4 nitrogen and oxygen atoms in total. The molecule has 0 amide bonds. The minimum absolute atomic E-state index is 0.0384. The molecule has 4 heteroatoms. The molecular formula is C16H22N2O2. The first-order valence-electron chi connectivity index (χ1n) is 6.91. The Labute approximate surface area is 120 Å². The lowest BCUT2D eigenvalue weighted by atomic mass is 10.1. The summed E-state index contributed by atoms with van der Waals surface area (Å²) in [5.41, 5.74) is 1.27. The smallest absolute Gasteiger partial charge is 0.187 e. The fourth-order valence-corrected chi connectivity index (χ4v) is 2.19. The van der Waals surface area contributed by atoms with E-state index in [1.165, 1.54) is 5.56 Å². The first-order valence-corrected chi connectivity index (χ1v) is 6.91. The highest BCUT2D eigenvalue weighted by molar-refractivity contribution is 5.93. The van der Waals surface area contributed by atoms with Gasteiger partial charge in [0.05, 0.1) is 6.61 Å². The lowest BCUT2D eigenvalue weighted by Crippen LogP contribution is -2.45. The van der Waals surface area contributed by atoms with Crippen LogP contribution in [0.1, 0.15) is 5.56 Å². The molecule has 1 atom stereocenters. The quantitative estimate of drug-likeness (QED) is 0.762. The summed E-state index contributed by atoms with van der Waals surface area (Å²) in [7, 11) is 3.79. The van der Waals surface area contributed by atoms with Crippen LogP contribution in [0.25, 0.3) is 0 Å². The van der Waals surface area contributed by atoms with Crippen molar-refractivity contribution in [3.05, 3.63) is 48.2 Å². The van der Waals surface area contributed by atoms with Gasteiger partial charge in [-0.2, -0.15) is 0 Å². The van der Waals surface area contributed by atoms with E-state index in [1.807, 2.05) is 37.2 Å². The predicted octanol–water partition coefficient (Wildman–Crippen LogP) is 1.53. The van der Waals surface area contributed by atoms with Gasteiger partial charge in [-0.25, -0.2) is 0 Å². The predicted molar refractivity (Wildman–Crippen MR) is 79.3 cm³/mol. The van der Waals surface area contributed by atoms with E-state index in [2.05, 4.69) is 17.0 Å². The molecule has 0 aliphatic carbocycles. The van der Waals surface area contributed by atoms with E-state index in [4.69, 9.17) is 4.74 Å². The standard InChI is InChI=1S/C16H22N2O2/c1-17(2)9-8-15(19)16-13-18(10-11-20-16)12-14-6-4-3-5-7-14/h3-9,16H,10-13H2,1-2H3/b9-8+/t16-/m0/s1. The Kier molecular flexibility index (Phi) is 5.32. The summed E-state index contributed by atoms with van der Waals surface area (Å²) >= 11 is 0. The molecule has 20 heavy (non-hydrogen) atoms. The number of rotatable bonds is 5. The molecule has 1 heterocycles. The highest BCUT2D eigenvalue weighted by atomic mass is 16.5. The summed E-state index contributed by atoms with van der Waals surface area (Å²) in [6, 6.07) is 10.3. The molecule has 1 saturated heterocycles. The number of hydrogen-bond acceptors (Lipinski definition) is 4. The van der Waals surface area contributed by atoms with Crippen LogP contribution in [0.4, 0.5) is 0 Å². The Morgan fingerprint density at radius 3 is 2.85 bits per heavy atom. The summed E-state index contributed by atoms with van der Waals surface area (Å²) in [4.78, 5) is 16.2. The van der Waals surface area contributed by atoms with E-state index in [-0.39, 0.29) is 11.9 Å². The molecule has 1 aromatic rings. The van der Waals surface area contributed by atoms with Crippen molar-refractivity contribution in [1.82, 2.24) is 9.80 Å². The van der Waals surface area contributed by atoms with Gasteiger partial charge in [0.2, 0.25) is 0 Å². The van der Waals surface area contributed by atoms with E-state index in [0.717, 1.165) is 13.1 Å². The summed E-state index contributed by atoms with van der Waals surface area (Å²) in [6.45, 7) is 3.01. The number of morpholine rings is 1. The highest BCUT2D eigenvalue weighted by Gasteiger charge is 2.24. The molecule has 0 spiro atoms. The topological polar surface area (TPSA) is 32.8 Å². The van der Waals surface area contributed by atoms with Crippen molar-refractivity contribution < 1.29 is 9.53 Å². The van der Waals surface area contributed by atoms with Gasteiger partial charge in [0.15, 0.2) is 5.78 Å². The van der Waals surface area contributed by atoms with Gasteiger partial charge >= 0.3 is 0 Å². The number of nitrogens with zero attached hydrogens (tertiary/aromatic N) is 2. The van der Waals surface area contributed by atoms with Gasteiger partial charge in [0.25, 0.3) is 0 Å². The summed E-state index contributed by atoms with van der Waals surface area (Å²) in [5.74, 6) is 0.0384. The van der Waals surface area contributed by atoms with E-state index in [0.29, 0.717) is 13.2 Å². The maximum atomic E-state index is 12.0. The van der Waals surface area contributed by atoms with Crippen LogP contribution in [0.3, 0.4) is 0 Å². The molecule has 108 valence electrons. The van der Waals surface area contributed by atoms with E-state index in [1.54, 1.807) is 12.3 Å². The molecule has 0 aromatic heterocycles. The second-order valence-electron chi connectivity index (χ2n) is 5.26. The van der Waals surface area contributed by atoms with Gasteiger partial charge in [-0.1, -0.05) is 30.3 Å². The normalized spacial score (nSPS) is 20.2. The number of ketones is 1. The molecule has 1 fully saturated rings. The zero-order valence-electron chi connectivity index (χ0n) is 12.2. The lowest BCUT2D eigenvalue weighted by Gasteiger charge is -2.31. The van der Waals surface area contributed by atoms with Crippen LogP contribution < -0.4 is 0 Å². The first-order chi connectivity index (χ1) is 9.65. The zero-order valence-corrected chi connectivity index (χ0v) is 12.2. The third-order valence-electron chi connectivity index (χ3n) is 3.25. The minimum Gasteiger partial charge on any atom is -0.383 e. The first kappa shape index (κ1) is 14.8. The van der Waals surface area contributed by atoms with Crippen LogP contribution >= 0.6 is 0 Å². The number of carbonyl (C=O) groups excluding carboxylic acids is 1. The van der Waals surface area contributed by atoms with E-state index in [9.17, 15) is 4.79 Å². The third kappa shape index (κ3) is 4.47. The average Bonchev–Trinajstić information content (AvgIpc) is 2.46. The van der Waals surface area contributed by atoms with Crippen molar-refractivity contribution in [3.63, 3.8) is 0 Å². The van der Waals surface area contributed by atoms with Crippen molar-refractivity contribution >= 4 is 5.78 Å². The van der Waals surface area contributed by atoms with Crippen LogP contribution in [0, 0.1) is 0 Å². The van der Waals surface area contributed by atoms with Gasteiger partial charge in [0.1, 0.15) is 6.10 Å². The second-order valence-corrected chi connectivity index (χ2v) is 5.26. The van der Waals surface area contributed by atoms with Crippen molar-refractivity contribution in [3.8, 4) is 0 Å². The largest absolute Gasteiger partial charge is 0.383 e. The van der Waals surface area contributed by atoms with E-state index >= 15 is 0 Å². The van der Waals surface area contributed by atoms with Crippen molar-refractivity contribution in [1.29, 1.82) is 0 Å². The molecule has 0 saturated carbocycles. The fourth-order valence-electron chi connectivity index (χ4n) is 2.19. The Morgan fingerprint density at radius 1 is 1.40 bits per heavy atom. The SMILES string of the molecule is CN(C)/C=C/C(=O)[C@@H]1CN(Cc2ccccc2)CCO1. The average molecular weight is 274 g/mol. The zero-order chi connectivity index (χ0) is 14.4. The molecule has 0 N–H and O–H groups in total. The molecule has 2 rings (SSSR count). The Bertz CT molecular complexity index is 457. The summed E-state index contributed by atoms with van der Waals surface area (Å²) in [5, 5.41) is 0. The molecule has 1 aliphatic heterocycles. The lowest BCUT2D eigenvalue weighted by molar-refractivity contribution is -0.131. The van der Waals surface area contributed by atoms with Crippen molar-refractivity contribution in [2.24, 2.45) is 0 Å². The van der Waals surface area contributed by atoms with Crippen LogP contribution in [0.15, 0.2) is 42.6 Å². The maximum absolute atomic E-state index is 12.0. The van der Waals surface area contributed by atoms with E-state index < -0.39 is 0 Å². The van der Waals surface area contributed by atoms with Crippen molar-refractivity contribution in [2.75, 3.05) is 33.8 Å².